The molecule has 6 nitrogen and oxygen atoms in total. The molecule has 0 spiro atoms. The summed E-state index contributed by atoms with van der Waals surface area (Å²) in [6.07, 6.45) is 3.45. The summed E-state index contributed by atoms with van der Waals surface area (Å²) in [6.45, 7) is 1.46. The van der Waals surface area contributed by atoms with Gasteiger partial charge in [-0.3, -0.25) is 9.59 Å². The highest BCUT2D eigenvalue weighted by atomic mass is 32.1. The van der Waals surface area contributed by atoms with E-state index >= 15 is 0 Å². The average Bonchev–Trinajstić information content (AvgIpc) is 3.16. The molecule has 1 saturated carbocycles. The van der Waals surface area contributed by atoms with Gasteiger partial charge in [0.05, 0.1) is 13.0 Å². The summed E-state index contributed by atoms with van der Waals surface area (Å²) in [5.41, 5.74) is 2.81. The van der Waals surface area contributed by atoms with E-state index in [9.17, 15) is 9.59 Å². The van der Waals surface area contributed by atoms with Crippen LogP contribution in [0.4, 0.5) is 11.4 Å². The zero-order chi connectivity index (χ0) is 21.5. The molecule has 2 aromatic rings. The number of hydrogen-bond acceptors (Lipinski definition) is 5. The standard InChI is InChI=1S/C23H31N3O3S/c1-25(2)21-10-9-19(24-23(28)17-6-4-7-17)14-18(21)16-26(11-12-29-3)22(27)15-20-8-5-13-30-20/h5,8-10,13-14,17H,4,6-7,11-12,15-16H2,1-3H3,(H,24,28). The molecule has 1 aromatic heterocycles. The van der Waals surface area contributed by atoms with Crippen LogP contribution in [-0.4, -0.2) is 51.1 Å². The van der Waals surface area contributed by atoms with E-state index in [1.165, 1.54) is 0 Å². The second kappa shape index (κ2) is 10.6. The lowest BCUT2D eigenvalue weighted by molar-refractivity contribution is -0.131. The number of methoxy groups -OCH3 is 1. The maximum absolute atomic E-state index is 13.0. The van der Waals surface area contributed by atoms with Crippen molar-refractivity contribution in [2.75, 3.05) is 44.6 Å². The van der Waals surface area contributed by atoms with Gasteiger partial charge >= 0.3 is 0 Å². The molecular formula is C23H31N3O3S. The first-order valence-corrected chi connectivity index (χ1v) is 11.3. The first-order valence-electron chi connectivity index (χ1n) is 10.4. The van der Waals surface area contributed by atoms with Crippen LogP contribution >= 0.6 is 11.3 Å². The average molecular weight is 430 g/mol. The molecule has 0 unspecified atom stereocenters. The van der Waals surface area contributed by atoms with Gasteiger partial charge in [-0.05, 0) is 48.1 Å². The highest BCUT2D eigenvalue weighted by Crippen LogP contribution is 2.29. The van der Waals surface area contributed by atoms with Crippen LogP contribution in [0.15, 0.2) is 35.7 Å². The van der Waals surface area contributed by atoms with Gasteiger partial charge < -0.3 is 19.9 Å². The molecule has 3 rings (SSSR count). The number of hydrogen-bond donors (Lipinski definition) is 1. The minimum Gasteiger partial charge on any atom is -0.383 e. The number of carbonyl (C=O) groups is 2. The van der Waals surface area contributed by atoms with Crippen LogP contribution in [0.3, 0.4) is 0 Å². The summed E-state index contributed by atoms with van der Waals surface area (Å²) < 4.78 is 5.24. The van der Waals surface area contributed by atoms with Gasteiger partial charge in [0.2, 0.25) is 11.8 Å². The third kappa shape index (κ3) is 5.83. The molecule has 1 aliphatic rings. The molecule has 30 heavy (non-hydrogen) atoms. The first-order chi connectivity index (χ1) is 14.5. The normalized spacial score (nSPS) is 13.6. The van der Waals surface area contributed by atoms with Gasteiger partial charge in [0, 0.05) is 56.5 Å². The lowest BCUT2D eigenvalue weighted by Crippen LogP contribution is -2.35. The van der Waals surface area contributed by atoms with Gasteiger partial charge in [-0.25, -0.2) is 0 Å². The van der Waals surface area contributed by atoms with Gasteiger partial charge in [0.15, 0.2) is 0 Å². The van der Waals surface area contributed by atoms with Crippen LogP contribution in [0, 0.1) is 5.92 Å². The summed E-state index contributed by atoms with van der Waals surface area (Å²) in [7, 11) is 5.61. The largest absolute Gasteiger partial charge is 0.383 e. The molecule has 2 amide bonds. The van der Waals surface area contributed by atoms with Gasteiger partial charge in [-0.15, -0.1) is 11.3 Å². The van der Waals surface area contributed by atoms with Crippen LogP contribution in [0.2, 0.25) is 0 Å². The second-order valence-corrected chi connectivity index (χ2v) is 8.95. The van der Waals surface area contributed by atoms with E-state index < -0.39 is 0 Å². The molecular weight excluding hydrogens is 398 g/mol. The molecule has 0 saturated heterocycles. The summed E-state index contributed by atoms with van der Waals surface area (Å²) >= 11 is 1.59. The molecule has 162 valence electrons. The lowest BCUT2D eigenvalue weighted by atomic mass is 9.85. The third-order valence-corrected chi connectivity index (χ3v) is 6.37. The molecule has 7 heteroatoms. The first kappa shape index (κ1) is 22.3. The van der Waals surface area contributed by atoms with Gasteiger partial charge in [0.25, 0.3) is 0 Å². The number of nitrogens with one attached hydrogen (secondary N) is 1. The van der Waals surface area contributed by atoms with Gasteiger partial charge in [0.1, 0.15) is 0 Å². The fourth-order valence-corrected chi connectivity index (χ4v) is 4.21. The Balaban J connectivity index is 1.78. The summed E-state index contributed by atoms with van der Waals surface area (Å²) in [5.74, 6) is 0.297. The molecule has 0 aliphatic heterocycles. The Hall–Kier alpha value is -2.38. The van der Waals surface area contributed by atoms with E-state index in [1.807, 2.05) is 59.6 Å². The van der Waals surface area contributed by atoms with Gasteiger partial charge in [-0.1, -0.05) is 12.5 Å². The third-order valence-electron chi connectivity index (χ3n) is 5.49. The summed E-state index contributed by atoms with van der Waals surface area (Å²) in [6, 6.07) is 9.88. The maximum atomic E-state index is 13.0. The number of ether oxygens (including phenoxy) is 1. The fourth-order valence-electron chi connectivity index (χ4n) is 3.51. The van der Waals surface area contributed by atoms with E-state index in [4.69, 9.17) is 4.74 Å². The molecule has 0 radical (unpaired) electrons. The van der Waals surface area contributed by atoms with Crippen LogP contribution in [0.1, 0.15) is 29.7 Å². The van der Waals surface area contributed by atoms with Crippen LogP contribution in [-0.2, 0) is 27.3 Å². The van der Waals surface area contributed by atoms with Crippen molar-refractivity contribution in [2.45, 2.75) is 32.2 Å². The highest BCUT2D eigenvalue weighted by molar-refractivity contribution is 7.10. The van der Waals surface area contributed by atoms with Crippen LogP contribution < -0.4 is 10.2 Å². The lowest BCUT2D eigenvalue weighted by Gasteiger charge is -2.27. The SMILES string of the molecule is COCCN(Cc1cc(NC(=O)C2CCC2)ccc1N(C)C)C(=O)Cc1cccs1. The Kier molecular flexibility index (Phi) is 7.87. The molecule has 1 N–H and O–H groups in total. The van der Waals surface area contributed by atoms with E-state index in [-0.39, 0.29) is 17.7 Å². The van der Waals surface area contributed by atoms with Crippen molar-refractivity contribution < 1.29 is 14.3 Å². The topological polar surface area (TPSA) is 61.9 Å². The second-order valence-electron chi connectivity index (χ2n) is 7.92. The number of thiophene rings is 1. The fraction of sp³-hybridized carbons (Fsp3) is 0.478. The Morgan fingerprint density at radius 1 is 1.23 bits per heavy atom. The van der Waals surface area contributed by atoms with Gasteiger partial charge in [-0.2, -0.15) is 0 Å². The van der Waals surface area contributed by atoms with Crippen molar-refractivity contribution >= 4 is 34.5 Å². The molecule has 0 atom stereocenters. The minimum atomic E-state index is 0.0723. The Morgan fingerprint density at radius 3 is 2.63 bits per heavy atom. The van der Waals surface area contributed by atoms with Crippen molar-refractivity contribution in [2.24, 2.45) is 5.92 Å². The Labute approximate surface area is 182 Å². The van der Waals surface area contributed by atoms with E-state index in [0.29, 0.717) is 26.1 Å². The number of amides is 2. The van der Waals surface area contributed by atoms with Crippen LogP contribution in [0.5, 0.6) is 0 Å². The van der Waals surface area contributed by atoms with Crippen molar-refractivity contribution in [3.05, 3.63) is 46.2 Å². The van der Waals surface area contributed by atoms with Crippen molar-refractivity contribution in [3.8, 4) is 0 Å². The molecule has 1 aromatic carbocycles. The number of nitrogens with zero attached hydrogens (tertiary/aromatic N) is 2. The number of benzene rings is 1. The predicted octanol–water partition coefficient (Wildman–Crippen LogP) is 3.77. The molecule has 0 bridgehead atoms. The number of anilines is 2. The van der Waals surface area contributed by atoms with Crippen LogP contribution in [0.25, 0.3) is 0 Å². The van der Waals surface area contributed by atoms with E-state index in [2.05, 4.69) is 5.32 Å². The molecule has 1 aliphatic carbocycles. The van der Waals surface area contributed by atoms with E-state index in [0.717, 1.165) is 41.1 Å². The van der Waals surface area contributed by atoms with Crippen molar-refractivity contribution in [1.29, 1.82) is 0 Å². The highest BCUT2D eigenvalue weighted by Gasteiger charge is 2.25. The minimum absolute atomic E-state index is 0.0723. The maximum Gasteiger partial charge on any atom is 0.228 e. The van der Waals surface area contributed by atoms with Crippen molar-refractivity contribution in [1.82, 2.24) is 4.90 Å². The summed E-state index contributed by atoms with van der Waals surface area (Å²) in [4.78, 5) is 30.3. The predicted molar refractivity (Wildman–Crippen MR) is 122 cm³/mol. The molecule has 1 heterocycles. The molecule has 1 fully saturated rings. The zero-order valence-electron chi connectivity index (χ0n) is 18.0. The Bertz CT molecular complexity index is 847. The summed E-state index contributed by atoms with van der Waals surface area (Å²) in [5, 5.41) is 5.04. The zero-order valence-corrected chi connectivity index (χ0v) is 18.8. The quantitative estimate of drug-likeness (QED) is 0.625. The van der Waals surface area contributed by atoms with Crippen molar-refractivity contribution in [3.63, 3.8) is 0 Å². The van der Waals surface area contributed by atoms with E-state index in [1.54, 1.807) is 18.4 Å². The monoisotopic (exact) mass is 429 g/mol. The number of carbonyl (C=O) groups excluding carboxylic acids is 2. The Morgan fingerprint density at radius 2 is 2.03 bits per heavy atom. The number of rotatable bonds is 10. The smallest absolute Gasteiger partial charge is 0.228 e.